The summed E-state index contributed by atoms with van der Waals surface area (Å²) in [5.41, 5.74) is 7.39. The molecule has 0 radical (unpaired) electrons. The Labute approximate surface area is 224 Å². The first-order valence-corrected chi connectivity index (χ1v) is 12.9. The van der Waals surface area contributed by atoms with Gasteiger partial charge in [-0.25, -0.2) is 19.9 Å². The molecule has 8 aromatic rings. The van der Waals surface area contributed by atoms with Crippen LogP contribution in [0.2, 0.25) is 0 Å². The lowest BCUT2D eigenvalue weighted by molar-refractivity contribution is 0.998. The van der Waals surface area contributed by atoms with Gasteiger partial charge in [-0.2, -0.15) is 0 Å². The SMILES string of the molecule is c1ccc(-c2ccc3ccc4c(-c5ccccc5)nc(-n5c6ccccc6c6cccnc65)nc4c3n2)cc1. The van der Waals surface area contributed by atoms with Crippen LogP contribution in [0.4, 0.5) is 0 Å². The molecule has 0 fully saturated rings. The average molecular weight is 500 g/mol. The standard InChI is InChI=1S/C34H21N5/c1-3-10-22(11-4-1)28-20-18-24-17-19-27-30(23-12-5-2-6-13-23)37-34(38-32(27)31(24)36-28)39-29-16-8-7-14-25(29)26-15-9-21-35-33(26)39/h1-21H. The van der Waals surface area contributed by atoms with Crippen molar-refractivity contribution in [2.75, 3.05) is 0 Å². The first-order chi connectivity index (χ1) is 19.3. The van der Waals surface area contributed by atoms with Crippen molar-refractivity contribution < 1.29 is 0 Å². The van der Waals surface area contributed by atoms with Crippen molar-refractivity contribution in [1.29, 1.82) is 0 Å². The molecule has 0 amide bonds. The summed E-state index contributed by atoms with van der Waals surface area (Å²) in [6, 6.07) is 41.3. The van der Waals surface area contributed by atoms with Gasteiger partial charge in [0.15, 0.2) is 0 Å². The molecule has 4 aromatic heterocycles. The summed E-state index contributed by atoms with van der Waals surface area (Å²) in [5, 5.41) is 4.18. The molecular weight excluding hydrogens is 478 g/mol. The van der Waals surface area contributed by atoms with E-state index >= 15 is 0 Å². The highest BCUT2D eigenvalue weighted by atomic mass is 15.2. The van der Waals surface area contributed by atoms with Crippen LogP contribution in [0.5, 0.6) is 0 Å². The number of pyridine rings is 2. The molecule has 0 spiro atoms. The lowest BCUT2D eigenvalue weighted by Crippen LogP contribution is -2.04. The van der Waals surface area contributed by atoms with E-state index < -0.39 is 0 Å². The molecule has 0 atom stereocenters. The average Bonchev–Trinajstić information content (AvgIpc) is 3.35. The largest absolute Gasteiger partial charge is 0.262 e. The van der Waals surface area contributed by atoms with Crippen LogP contribution in [0.25, 0.3) is 72.2 Å². The Morgan fingerprint density at radius 1 is 0.487 bits per heavy atom. The van der Waals surface area contributed by atoms with Crippen molar-refractivity contribution in [1.82, 2.24) is 24.5 Å². The van der Waals surface area contributed by atoms with Gasteiger partial charge in [0.05, 0.1) is 22.4 Å². The molecule has 0 bridgehead atoms. The van der Waals surface area contributed by atoms with Crippen molar-refractivity contribution in [2.45, 2.75) is 0 Å². The molecule has 0 saturated heterocycles. The maximum atomic E-state index is 5.22. The first kappa shape index (κ1) is 21.6. The van der Waals surface area contributed by atoms with E-state index in [0.717, 1.165) is 66.3 Å². The third kappa shape index (κ3) is 3.41. The minimum absolute atomic E-state index is 0.575. The third-order valence-corrected chi connectivity index (χ3v) is 7.26. The lowest BCUT2D eigenvalue weighted by atomic mass is 10.0. The van der Waals surface area contributed by atoms with E-state index in [1.807, 2.05) is 54.7 Å². The summed E-state index contributed by atoms with van der Waals surface area (Å²) < 4.78 is 2.07. The summed E-state index contributed by atoms with van der Waals surface area (Å²) in [6.07, 6.45) is 1.82. The van der Waals surface area contributed by atoms with E-state index in [1.165, 1.54) is 0 Å². The van der Waals surface area contributed by atoms with Crippen LogP contribution in [-0.2, 0) is 0 Å². The molecule has 0 N–H and O–H groups in total. The highest BCUT2D eigenvalue weighted by molar-refractivity contribution is 6.10. The van der Waals surface area contributed by atoms with Crippen LogP contribution in [0.15, 0.2) is 128 Å². The summed E-state index contributed by atoms with van der Waals surface area (Å²) in [6.45, 7) is 0. The minimum Gasteiger partial charge on any atom is -0.262 e. The van der Waals surface area contributed by atoms with Crippen LogP contribution >= 0.6 is 0 Å². The van der Waals surface area contributed by atoms with Crippen LogP contribution in [0, 0.1) is 0 Å². The molecule has 182 valence electrons. The molecule has 0 unspecified atom stereocenters. The fourth-order valence-corrected chi connectivity index (χ4v) is 5.45. The van der Waals surface area contributed by atoms with Gasteiger partial charge >= 0.3 is 0 Å². The van der Waals surface area contributed by atoms with Gasteiger partial charge in [0.1, 0.15) is 11.2 Å². The van der Waals surface area contributed by atoms with Gasteiger partial charge in [-0.3, -0.25) is 4.57 Å². The Balaban J connectivity index is 1.51. The van der Waals surface area contributed by atoms with Crippen molar-refractivity contribution in [2.24, 2.45) is 0 Å². The molecule has 5 nitrogen and oxygen atoms in total. The lowest BCUT2D eigenvalue weighted by Gasteiger charge is -2.13. The number of aromatic nitrogens is 5. The van der Waals surface area contributed by atoms with Gasteiger partial charge in [0.2, 0.25) is 5.95 Å². The number of nitrogens with zero attached hydrogens (tertiary/aromatic N) is 5. The second kappa shape index (κ2) is 8.57. The summed E-state index contributed by atoms with van der Waals surface area (Å²) >= 11 is 0. The Morgan fingerprint density at radius 3 is 2.05 bits per heavy atom. The Morgan fingerprint density at radius 2 is 1.21 bits per heavy atom. The number of fused-ring (bicyclic) bond motifs is 6. The molecule has 8 rings (SSSR count). The molecule has 4 aromatic carbocycles. The number of benzene rings is 4. The van der Waals surface area contributed by atoms with Gasteiger partial charge in [0, 0.05) is 38.9 Å². The van der Waals surface area contributed by atoms with Crippen molar-refractivity contribution in [3.8, 4) is 28.5 Å². The van der Waals surface area contributed by atoms with E-state index in [1.54, 1.807) is 0 Å². The summed E-state index contributed by atoms with van der Waals surface area (Å²) in [7, 11) is 0. The Bertz CT molecular complexity index is 2110. The van der Waals surface area contributed by atoms with Gasteiger partial charge in [-0.05, 0) is 30.3 Å². The van der Waals surface area contributed by atoms with Gasteiger partial charge in [0.25, 0.3) is 0 Å². The van der Waals surface area contributed by atoms with Gasteiger partial charge in [-0.15, -0.1) is 0 Å². The number of rotatable bonds is 3. The zero-order valence-electron chi connectivity index (χ0n) is 20.9. The quantitative estimate of drug-likeness (QED) is 0.231. The van der Waals surface area contributed by atoms with Crippen LogP contribution in [0.1, 0.15) is 0 Å². The number of hydrogen-bond acceptors (Lipinski definition) is 4. The normalized spacial score (nSPS) is 11.6. The van der Waals surface area contributed by atoms with Crippen LogP contribution in [0.3, 0.4) is 0 Å². The molecule has 4 heterocycles. The number of para-hydroxylation sites is 1. The van der Waals surface area contributed by atoms with Crippen LogP contribution in [-0.4, -0.2) is 24.5 Å². The maximum Gasteiger partial charge on any atom is 0.237 e. The third-order valence-electron chi connectivity index (χ3n) is 7.26. The second-order valence-corrected chi connectivity index (χ2v) is 9.56. The highest BCUT2D eigenvalue weighted by Crippen LogP contribution is 2.35. The minimum atomic E-state index is 0.575. The van der Waals surface area contributed by atoms with Gasteiger partial charge < -0.3 is 0 Å². The van der Waals surface area contributed by atoms with E-state index in [4.69, 9.17) is 19.9 Å². The zero-order valence-corrected chi connectivity index (χ0v) is 20.9. The van der Waals surface area contributed by atoms with Crippen molar-refractivity contribution in [3.63, 3.8) is 0 Å². The molecular formula is C34H21N5. The summed E-state index contributed by atoms with van der Waals surface area (Å²) in [4.78, 5) is 20.3. The second-order valence-electron chi connectivity index (χ2n) is 9.56. The Hall–Kier alpha value is -5.42. The molecule has 0 saturated carbocycles. The number of hydrogen-bond donors (Lipinski definition) is 0. The van der Waals surface area contributed by atoms with Crippen molar-refractivity contribution >= 4 is 43.7 Å². The maximum absolute atomic E-state index is 5.22. The van der Waals surface area contributed by atoms with Gasteiger partial charge in [-0.1, -0.05) is 91.0 Å². The predicted octanol–water partition coefficient (Wildman–Crippen LogP) is 8.00. The van der Waals surface area contributed by atoms with E-state index in [0.29, 0.717) is 5.95 Å². The smallest absolute Gasteiger partial charge is 0.237 e. The summed E-state index contributed by atoms with van der Waals surface area (Å²) in [5.74, 6) is 0.575. The Kier molecular flexibility index (Phi) is 4.76. The van der Waals surface area contributed by atoms with E-state index in [-0.39, 0.29) is 0 Å². The zero-order chi connectivity index (χ0) is 25.8. The van der Waals surface area contributed by atoms with E-state index in [9.17, 15) is 0 Å². The van der Waals surface area contributed by atoms with E-state index in [2.05, 4.69) is 77.4 Å². The molecule has 0 aliphatic carbocycles. The predicted molar refractivity (Wildman–Crippen MR) is 158 cm³/mol. The topological polar surface area (TPSA) is 56.5 Å². The molecule has 0 aliphatic rings. The molecule has 0 aliphatic heterocycles. The fourth-order valence-electron chi connectivity index (χ4n) is 5.45. The monoisotopic (exact) mass is 499 g/mol. The highest BCUT2D eigenvalue weighted by Gasteiger charge is 2.19. The molecule has 39 heavy (non-hydrogen) atoms. The van der Waals surface area contributed by atoms with Crippen molar-refractivity contribution in [3.05, 3.63) is 128 Å². The molecule has 5 heteroatoms. The first-order valence-electron chi connectivity index (χ1n) is 12.9. The fraction of sp³-hybridized carbons (Fsp3) is 0. The van der Waals surface area contributed by atoms with Crippen LogP contribution < -0.4 is 0 Å².